The van der Waals surface area contributed by atoms with Gasteiger partial charge < -0.3 is 4.74 Å². The molecule has 4 rings (SSSR count). The zero-order valence-corrected chi connectivity index (χ0v) is 16.5. The van der Waals surface area contributed by atoms with E-state index < -0.39 is 0 Å². The van der Waals surface area contributed by atoms with Crippen molar-refractivity contribution in [1.29, 1.82) is 0 Å². The van der Waals surface area contributed by atoms with Gasteiger partial charge in [0.1, 0.15) is 11.4 Å². The number of nitrogens with one attached hydrogen (secondary N) is 1. The highest BCUT2D eigenvalue weighted by Gasteiger charge is 2.18. The van der Waals surface area contributed by atoms with Crippen LogP contribution < -0.4 is 10.2 Å². The highest BCUT2D eigenvalue weighted by molar-refractivity contribution is 7.11. The number of hydrogen-bond acceptors (Lipinski definition) is 5. The number of hydrogen-bond donors (Lipinski definition) is 1. The average Bonchev–Trinajstić information content (AvgIpc) is 3.45. The molecule has 0 saturated heterocycles. The number of para-hydroxylation sites is 1. The number of rotatable bonds is 6. The quantitative estimate of drug-likeness (QED) is 0.385. The van der Waals surface area contributed by atoms with E-state index in [1.165, 1.54) is 0 Å². The number of hydrazone groups is 1. The van der Waals surface area contributed by atoms with Crippen molar-refractivity contribution in [3.05, 3.63) is 88.7 Å². The third-order valence-electron chi connectivity index (χ3n) is 4.24. The number of amides is 1. The highest BCUT2D eigenvalue weighted by Crippen LogP contribution is 2.26. The van der Waals surface area contributed by atoms with Crippen molar-refractivity contribution in [2.75, 3.05) is 7.11 Å². The minimum atomic E-state index is -0.328. The molecule has 0 atom stereocenters. The number of nitrogens with zero attached hydrogens (tertiary/aromatic N) is 3. The van der Waals surface area contributed by atoms with E-state index in [4.69, 9.17) is 4.74 Å². The van der Waals surface area contributed by atoms with Crippen LogP contribution in [0.25, 0.3) is 16.9 Å². The van der Waals surface area contributed by atoms with Crippen LogP contribution in [0.4, 0.5) is 0 Å². The number of methoxy groups -OCH3 is 1. The Balaban J connectivity index is 1.68. The summed E-state index contributed by atoms with van der Waals surface area (Å²) in [5.74, 6) is 0.411. The predicted octanol–water partition coefficient (Wildman–Crippen LogP) is 4.37. The van der Waals surface area contributed by atoms with Crippen LogP contribution in [0.3, 0.4) is 0 Å². The van der Waals surface area contributed by atoms with E-state index in [0.29, 0.717) is 11.3 Å². The van der Waals surface area contributed by atoms with E-state index in [0.717, 1.165) is 21.9 Å². The standard InChI is InChI=1S/C22H18N4O2S/c1-28-18-11-9-16(10-12-18)21-20(15-26(25-21)17-6-3-2-4-7-17)22(27)24-23-14-19-8-5-13-29-19/h2-15H,1H3,(H,24,27)/b23-14+. The largest absolute Gasteiger partial charge is 0.497 e. The molecule has 1 amide bonds. The second-order valence-electron chi connectivity index (χ2n) is 6.11. The Morgan fingerprint density at radius 2 is 1.90 bits per heavy atom. The number of benzene rings is 2. The summed E-state index contributed by atoms with van der Waals surface area (Å²) in [4.78, 5) is 13.8. The molecule has 0 aliphatic heterocycles. The van der Waals surface area contributed by atoms with Crippen LogP contribution in [0, 0.1) is 0 Å². The molecule has 6 nitrogen and oxygen atoms in total. The first-order valence-corrected chi connectivity index (χ1v) is 9.79. The predicted molar refractivity (Wildman–Crippen MR) is 115 cm³/mol. The van der Waals surface area contributed by atoms with Crippen molar-refractivity contribution < 1.29 is 9.53 Å². The lowest BCUT2D eigenvalue weighted by molar-refractivity contribution is 0.0956. The topological polar surface area (TPSA) is 68.5 Å². The lowest BCUT2D eigenvalue weighted by Gasteiger charge is -2.03. The van der Waals surface area contributed by atoms with Gasteiger partial charge in [0.15, 0.2) is 0 Å². The second kappa shape index (κ2) is 8.53. The summed E-state index contributed by atoms with van der Waals surface area (Å²) in [7, 11) is 1.61. The Hall–Kier alpha value is -3.71. The Morgan fingerprint density at radius 3 is 2.59 bits per heavy atom. The van der Waals surface area contributed by atoms with Crippen LogP contribution in [0.5, 0.6) is 5.75 Å². The molecule has 0 spiro atoms. The van der Waals surface area contributed by atoms with Gasteiger partial charge in [-0.25, -0.2) is 10.1 Å². The molecule has 7 heteroatoms. The first kappa shape index (κ1) is 18.6. The van der Waals surface area contributed by atoms with Gasteiger partial charge in [-0.3, -0.25) is 4.79 Å². The van der Waals surface area contributed by atoms with Gasteiger partial charge in [0.25, 0.3) is 5.91 Å². The normalized spacial score (nSPS) is 10.9. The number of carbonyl (C=O) groups excluding carboxylic acids is 1. The summed E-state index contributed by atoms with van der Waals surface area (Å²) in [6.45, 7) is 0. The average molecular weight is 402 g/mol. The van der Waals surface area contributed by atoms with E-state index in [1.807, 2.05) is 72.1 Å². The van der Waals surface area contributed by atoms with E-state index in [-0.39, 0.29) is 5.91 Å². The molecular weight excluding hydrogens is 384 g/mol. The van der Waals surface area contributed by atoms with Crippen molar-refractivity contribution >= 4 is 23.5 Å². The number of thiophene rings is 1. The monoisotopic (exact) mass is 402 g/mol. The lowest BCUT2D eigenvalue weighted by Crippen LogP contribution is -2.17. The summed E-state index contributed by atoms with van der Waals surface area (Å²) in [5.41, 5.74) is 5.27. The van der Waals surface area contributed by atoms with Gasteiger partial charge in [-0.05, 0) is 47.8 Å². The van der Waals surface area contributed by atoms with Crippen molar-refractivity contribution in [3.63, 3.8) is 0 Å². The van der Waals surface area contributed by atoms with E-state index >= 15 is 0 Å². The summed E-state index contributed by atoms with van der Waals surface area (Å²) < 4.78 is 6.91. The van der Waals surface area contributed by atoms with Crippen LogP contribution in [0.1, 0.15) is 15.2 Å². The fourth-order valence-corrected chi connectivity index (χ4v) is 3.38. The minimum absolute atomic E-state index is 0.328. The van der Waals surface area contributed by atoms with Crippen molar-refractivity contribution in [1.82, 2.24) is 15.2 Å². The molecule has 1 N–H and O–H groups in total. The minimum Gasteiger partial charge on any atom is -0.497 e. The molecule has 144 valence electrons. The highest BCUT2D eigenvalue weighted by atomic mass is 32.1. The fraction of sp³-hybridized carbons (Fsp3) is 0.0455. The first-order chi connectivity index (χ1) is 14.2. The van der Waals surface area contributed by atoms with E-state index in [2.05, 4.69) is 15.6 Å². The fourth-order valence-electron chi connectivity index (χ4n) is 2.79. The summed E-state index contributed by atoms with van der Waals surface area (Å²) in [6, 6.07) is 20.9. The molecule has 0 aliphatic rings. The van der Waals surface area contributed by atoms with E-state index in [1.54, 1.807) is 35.5 Å². The molecule has 4 aromatic rings. The van der Waals surface area contributed by atoms with Crippen molar-refractivity contribution in [3.8, 4) is 22.7 Å². The van der Waals surface area contributed by atoms with Crippen molar-refractivity contribution in [2.45, 2.75) is 0 Å². The third-order valence-corrected chi connectivity index (χ3v) is 5.05. The molecule has 2 aromatic heterocycles. The Bertz CT molecular complexity index is 1120. The third kappa shape index (κ3) is 4.25. The summed E-state index contributed by atoms with van der Waals surface area (Å²) in [5, 5.41) is 10.7. The molecular formula is C22H18N4O2S. The first-order valence-electron chi connectivity index (χ1n) is 8.91. The van der Waals surface area contributed by atoms with Gasteiger partial charge in [0.05, 0.1) is 24.6 Å². The molecule has 2 aromatic carbocycles. The maximum atomic E-state index is 12.8. The van der Waals surface area contributed by atoms with Gasteiger partial charge in [0.2, 0.25) is 0 Å². The molecule has 0 unspecified atom stereocenters. The maximum absolute atomic E-state index is 12.8. The maximum Gasteiger partial charge on any atom is 0.275 e. The van der Waals surface area contributed by atoms with E-state index in [9.17, 15) is 4.79 Å². The van der Waals surface area contributed by atoms with Gasteiger partial charge in [-0.2, -0.15) is 10.2 Å². The molecule has 2 heterocycles. The van der Waals surface area contributed by atoms with Gasteiger partial charge in [-0.1, -0.05) is 24.3 Å². The Kier molecular flexibility index (Phi) is 5.49. The molecule has 0 bridgehead atoms. The Labute approximate surface area is 172 Å². The number of aromatic nitrogens is 2. The Morgan fingerprint density at radius 1 is 1.10 bits per heavy atom. The molecule has 0 saturated carbocycles. The molecule has 0 aliphatic carbocycles. The zero-order valence-electron chi connectivity index (χ0n) is 15.6. The second-order valence-corrected chi connectivity index (χ2v) is 7.09. The van der Waals surface area contributed by atoms with Crippen molar-refractivity contribution in [2.24, 2.45) is 5.10 Å². The smallest absolute Gasteiger partial charge is 0.275 e. The molecule has 0 radical (unpaired) electrons. The molecule has 29 heavy (non-hydrogen) atoms. The van der Waals surface area contributed by atoms with Crippen LogP contribution in [0.15, 0.2) is 83.4 Å². The zero-order chi connectivity index (χ0) is 20.1. The van der Waals surface area contributed by atoms with Crippen LogP contribution in [-0.4, -0.2) is 29.0 Å². The van der Waals surface area contributed by atoms with Crippen LogP contribution in [0.2, 0.25) is 0 Å². The van der Waals surface area contributed by atoms with Gasteiger partial charge in [-0.15, -0.1) is 11.3 Å². The summed E-state index contributed by atoms with van der Waals surface area (Å²) >= 11 is 1.55. The lowest BCUT2D eigenvalue weighted by atomic mass is 10.1. The van der Waals surface area contributed by atoms with Gasteiger partial charge in [0, 0.05) is 16.6 Å². The van der Waals surface area contributed by atoms with Gasteiger partial charge >= 0.3 is 0 Å². The van der Waals surface area contributed by atoms with Crippen LogP contribution >= 0.6 is 11.3 Å². The SMILES string of the molecule is COc1ccc(-c2nn(-c3ccccc3)cc2C(=O)N/N=C/c2cccs2)cc1. The molecule has 0 fully saturated rings. The van der Waals surface area contributed by atoms with Crippen LogP contribution in [-0.2, 0) is 0 Å². The number of ether oxygens (including phenoxy) is 1. The number of carbonyl (C=O) groups is 1. The summed E-state index contributed by atoms with van der Waals surface area (Å²) in [6.07, 6.45) is 3.34.